The van der Waals surface area contributed by atoms with Crippen molar-refractivity contribution < 1.29 is 48.8 Å². The number of phenolic OH excluding ortho intramolecular Hbond substituents is 1. The molecular formula is C34H38N4O10. The van der Waals surface area contributed by atoms with E-state index in [9.17, 15) is 44.1 Å². The Kier molecular flexibility index (Phi) is 13.0. The fourth-order valence-electron chi connectivity index (χ4n) is 4.99. The molecule has 3 aromatic carbocycles. The van der Waals surface area contributed by atoms with Crippen molar-refractivity contribution in [2.24, 2.45) is 0 Å². The van der Waals surface area contributed by atoms with Crippen LogP contribution in [0.25, 0.3) is 0 Å². The summed E-state index contributed by atoms with van der Waals surface area (Å²) >= 11 is 0. The van der Waals surface area contributed by atoms with Crippen molar-refractivity contribution in [2.45, 2.75) is 45.6 Å². The molecule has 3 aromatic rings. The second-order valence-corrected chi connectivity index (χ2v) is 10.6. The maximum Gasteiger partial charge on any atom is 0.395 e. The van der Waals surface area contributed by atoms with Crippen molar-refractivity contribution in [3.63, 3.8) is 0 Å². The van der Waals surface area contributed by atoms with Crippen LogP contribution in [-0.4, -0.2) is 77.1 Å². The molecule has 0 aliphatic carbocycles. The smallest absolute Gasteiger partial charge is 0.395 e. The number of carbonyl (C=O) groups excluding carboxylic acids is 4. The van der Waals surface area contributed by atoms with E-state index in [1.807, 2.05) is 0 Å². The molecule has 4 amide bonds. The predicted molar refractivity (Wildman–Crippen MR) is 175 cm³/mol. The Morgan fingerprint density at radius 2 is 1.65 bits per heavy atom. The maximum atomic E-state index is 13.1. The van der Waals surface area contributed by atoms with E-state index in [2.05, 4.69) is 16.0 Å². The summed E-state index contributed by atoms with van der Waals surface area (Å²) in [6, 6.07) is 13.8. The van der Waals surface area contributed by atoms with Gasteiger partial charge in [-0.15, -0.1) is 0 Å². The highest BCUT2D eigenvalue weighted by atomic mass is 16.5. The SMILES string of the molecule is CCc1cc(CC(NC(C)=O)C(=O)NCCCCOc2cccc(O)c2C(=O)NC)ccc1N(C(=O)C(=O)O)c1ccccc1C(=O)O. The number of aryl methyl sites for hydroxylation is 1. The van der Waals surface area contributed by atoms with Crippen molar-refractivity contribution in [2.75, 3.05) is 25.1 Å². The first-order valence-corrected chi connectivity index (χ1v) is 15.1. The lowest BCUT2D eigenvalue weighted by atomic mass is 9.99. The number of ether oxygens (including phenoxy) is 1. The Morgan fingerprint density at radius 3 is 2.29 bits per heavy atom. The van der Waals surface area contributed by atoms with Crippen LogP contribution in [0.5, 0.6) is 11.5 Å². The molecule has 0 aliphatic heterocycles. The van der Waals surface area contributed by atoms with Crippen molar-refractivity contribution in [1.82, 2.24) is 16.0 Å². The number of nitrogens with zero attached hydrogens (tertiary/aromatic N) is 1. The molecule has 0 bridgehead atoms. The monoisotopic (exact) mass is 662 g/mol. The summed E-state index contributed by atoms with van der Waals surface area (Å²) in [7, 11) is 1.44. The molecule has 0 aromatic heterocycles. The zero-order valence-electron chi connectivity index (χ0n) is 26.7. The molecule has 14 nitrogen and oxygen atoms in total. The van der Waals surface area contributed by atoms with Gasteiger partial charge < -0.3 is 36.0 Å². The van der Waals surface area contributed by atoms with E-state index in [0.29, 0.717) is 30.4 Å². The van der Waals surface area contributed by atoms with Gasteiger partial charge in [0, 0.05) is 26.9 Å². The van der Waals surface area contributed by atoms with Crippen molar-refractivity contribution in [3.05, 3.63) is 82.9 Å². The summed E-state index contributed by atoms with van der Waals surface area (Å²) in [6.07, 6.45) is 1.41. The van der Waals surface area contributed by atoms with E-state index in [0.717, 1.165) is 4.90 Å². The molecule has 3 rings (SSSR count). The van der Waals surface area contributed by atoms with E-state index < -0.39 is 41.6 Å². The van der Waals surface area contributed by atoms with Crippen molar-refractivity contribution >= 4 is 46.9 Å². The highest BCUT2D eigenvalue weighted by Crippen LogP contribution is 2.33. The molecule has 14 heteroatoms. The molecular weight excluding hydrogens is 624 g/mol. The molecule has 0 heterocycles. The first kappa shape index (κ1) is 36.5. The summed E-state index contributed by atoms with van der Waals surface area (Å²) in [5, 5.41) is 37.1. The zero-order valence-corrected chi connectivity index (χ0v) is 26.7. The van der Waals surface area contributed by atoms with Gasteiger partial charge in [0.15, 0.2) is 0 Å². The van der Waals surface area contributed by atoms with Gasteiger partial charge in [0.1, 0.15) is 23.1 Å². The molecule has 48 heavy (non-hydrogen) atoms. The molecule has 6 N–H and O–H groups in total. The van der Waals surface area contributed by atoms with Gasteiger partial charge in [-0.3, -0.25) is 24.1 Å². The van der Waals surface area contributed by atoms with Crippen LogP contribution in [0.1, 0.15) is 58.5 Å². The van der Waals surface area contributed by atoms with E-state index in [1.165, 1.54) is 50.4 Å². The Balaban J connectivity index is 1.71. The van der Waals surface area contributed by atoms with E-state index in [4.69, 9.17) is 4.74 Å². The minimum Gasteiger partial charge on any atom is -0.507 e. The third kappa shape index (κ3) is 9.31. The normalized spacial score (nSPS) is 11.1. The molecule has 0 fully saturated rings. The van der Waals surface area contributed by atoms with Crippen LogP contribution in [0.15, 0.2) is 60.7 Å². The fourth-order valence-corrected chi connectivity index (χ4v) is 4.99. The summed E-state index contributed by atoms with van der Waals surface area (Å²) < 4.78 is 5.67. The van der Waals surface area contributed by atoms with Gasteiger partial charge in [-0.1, -0.05) is 37.3 Å². The number of carboxylic acid groups (broad SMARTS) is 2. The van der Waals surface area contributed by atoms with E-state index >= 15 is 0 Å². The summed E-state index contributed by atoms with van der Waals surface area (Å²) in [5.74, 6) is -5.81. The van der Waals surface area contributed by atoms with Gasteiger partial charge in [-0.2, -0.15) is 0 Å². The number of unbranched alkanes of at least 4 members (excludes halogenated alkanes) is 1. The van der Waals surface area contributed by atoms with Gasteiger partial charge in [0.25, 0.3) is 5.91 Å². The van der Waals surface area contributed by atoms with E-state index in [-0.39, 0.29) is 53.6 Å². The number of benzene rings is 3. The number of phenols is 1. The van der Waals surface area contributed by atoms with Gasteiger partial charge >= 0.3 is 17.8 Å². The van der Waals surface area contributed by atoms with E-state index in [1.54, 1.807) is 31.2 Å². The number of hydrogen-bond acceptors (Lipinski definition) is 8. The lowest BCUT2D eigenvalue weighted by Crippen LogP contribution is -2.47. The minimum atomic E-state index is -1.77. The lowest BCUT2D eigenvalue weighted by molar-refractivity contribution is -0.148. The third-order valence-electron chi connectivity index (χ3n) is 7.25. The molecule has 0 spiro atoms. The summed E-state index contributed by atoms with van der Waals surface area (Å²) in [6.45, 7) is 3.52. The number of anilines is 2. The third-order valence-corrected chi connectivity index (χ3v) is 7.25. The quantitative estimate of drug-likeness (QED) is 0.103. The number of aromatic carboxylic acids is 1. The van der Waals surface area contributed by atoms with Crippen LogP contribution >= 0.6 is 0 Å². The number of aliphatic carboxylic acids is 1. The first-order chi connectivity index (χ1) is 22.9. The molecule has 0 saturated heterocycles. The second kappa shape index (κ2) is 17.1. The number of nitrogens with one attached hydrogen (secondary N) is 3. The Labute approximate surface area is 276 Å². The summed E-state index contributed by atoms with van der Waals surface area (Å²) in [4.78, 5) is 74.5. The second-order valence-electron chi connectivity index (χ2n) is 10.6. The highest BCUT2D eigenvalue weighted by molar-refractivity contribution is 6.39. The largest absolute Gasteiger partial charge is 0.507 e. The molecule has 1 atom stereocenters. The zero-order chi connectivity index (χ0) is 35.4. The molecule has 254 valence electrons. The Bertz CT molecular complexity index is 1690. The maximum absolute atomic E-state index is 13.1. The Hall–Kier alpha value is -5.92. The van der Waals surface area contributed by atoms with Crippen molar-refractivity contribution in [3.8, 4) is 11.5 Å². The van der Waals surface area contributed by atoms with Crippen LogP contribution in [0.4, 0.5) is 11.4 Å². The number of carbonyl (C=O) groups is 6. The molecule has 0 radical (unpaired) electrons. The summed E-state index contributed by atoms with van der Waals surface area (Å²) in [5.41, 5.74) is 0.922. The van der Waals surface area contributed by atoms with Gasteiger partial charge in [-0.25, -0.2) is 9.59 Å². The molecule has 1 unspecified atom stereocenters. The standard InChI is InChI=1S/C34H38N4O10/c1-4-22-18-21(14-15-25(22)38(32(43)34(46)47)26-11-6-5-10-23(26)33(44)45)19-24(37-20(2)39)30(41)36-16-7-8-17-48-28-13-9-12-27(40)29(28)31(42)35-3/h5-6,9-15,18,24,40H,4,7-8,16-17,19H2,1-3H3,(H,35,42)(H,36,41)(H,37,39)(H,44,45)(H,46,47). The number of hydrogen-bond donors (Lipinski definition) is 6. The fraction of sp³-hybridized carbons (Fsp3) is 0.294. The number of carboxylic acids is 2. The van der Waals surface area contributed by atoms with Gasteiger partial charge in [0.05, 0.1) is 23.5 Å². The number of amides is 4. The lowest BCUT2D eigenvalue weighted by Gasteiger charge is -2.26. The molecule has 0 saturated carbocycles. The first-order valence-electron chi connectivity index (χ1n) is 15.1. The Morgan fingerprint density at radius 1 is 0.917 bits per heavy atom. The topological polar surface area (TPSA) is 212 Å². The predicted octanol–water partition coefficient (Wildman–Crippen LogP) is 2.78. The average molecular weight is 663 g/mol. The molecule has 0 aliphatic rings. The minimum absolute atomic E-state index is 0.0250. The van der Waals surface area contributed by atoms with Crippen molar-refractivity contribution in [1.29, 1.82) is 0 Å². The number of aromatic hydroxyl groups is 1. The van der Waals surface area contributed by atoms with Crippen LogP contribution in [0.3, 0.4) is 0 Å². The van der Waals surface area contributed by atoms with Crippen LogP contribution in [-0.2, 0) is 32.0 Å². The number of para-hydroxylation sites is 1. The van der Waals surface area contributed by atoms with Crippen LogP contribution in [0.2, 0.25) is 0 Å². The van der Waals surface area contributed by atoms with Crippen LogP contribution < -0.4 is 25.6 Å². The highest BCUT2D eigenvalue weighted by Gasteiger charge is 2.30. The average Bonchev–Trinajstić information content (AvgIpc) is 3.06. The van der Waals surface area contributed by atoms with Gasteiger partial charge in [0.2, 0.25) is 11.8 Å². The number of rotatable bonds is 15. The van der Waals surface area contributed by atoms with Gasteiger partial charge in [-0.05, 0) is 60.7 Å². The van der Waals surface area contributed by atoms with Crippen LogP contribution in [0, 0.1) is 0 Å².